The van der Waals surface area contributed by atoms with Gasteiger partial charge in [-0.1, -0.05) is 6.07 Å². The smallest absolute Gasteiger partial charge is 0.323 e. The number of primary amides is 1. The average Bonchev–Trinajstić information content (AvgIpc) is 2.90. The highest BCUT2D eigenvalue weighted by Gasteiger charge is 2.17. The number of nitrogens with two attached hydrogens (primary N) is 1. The van der Waals surface area contributed by atoms with Crippen LogP contribution in [0.4, 0.5) is 21.9 Å². The van der Waals surface area contributed by atoms with E-state index in [2.05, 4.69) is 15.7 Å². The lowest BCUT2D eigenvalue weighted by atomic mass is 10.3. The Hall–Kier alpha value is -3.43. The molecule has 0 aliphatic rings. The van der Waals surface area contributed by atoms with Crippen LogP contribution in [0.25, 0.3) is 0 Å². The Balaban J connectivity index is 2.14. The number of carbonyl (C=O) groups is 2. The van der Waals surface area contributed by atoms with Gasteiger partial charge in [0.15, 0.2) is 0 Å². The monoisotopic (exact) mass is 318 g/mol. The van der Waals surface area contributed by atoms with E-state index >= 15 is 0 Å². The number of non-ortho nitro benzene ring substituents is 1. The zero-order valence-corrected chi connectivity index (χ0v) is 12.1. The van der Waals surface area contributed by atoms with Crippen LogP contribution in [0.1, 0.15) is 17.4 Å². The van der Waals surface area contributed by atoms with E-state index in [1.54, 1.807) is 6.92 Å². The number of urea groups is 1. The SMILES string of the molecule is CCn1ncc(NC(=O)Nc2cccc([N+](=O)[O-])c2)c1C(N)=O. The first-order chi connectivity index (χ1) is 10.9. The number of rotatable bonds is 5. The molecule has 2 aromatic rings. The average molecular weight is 318 g/mol. The van der Waals surface area contributed by atoms with Gasteiger partial charge in [0.25, 0.3) is 11.6 Å². The summed E-state index contributed by atoms with van der Waals surface area (Å²) in [4.78, 5) is 33.5. The summed E-state index contributed by atoms with van der Waals surface area (Å²) in [5.74, 6) is -0.727. The molecular weight excluding hydrogens is 304 g/mol. The van der Waals surface area contributed by atoms with Gasteiger partial charge in [-0.15, -0.1) is 0 Å². The molecule has 0 aliphatic heterocycles. The van der Waals surface area contributed by atoms with Crippen molar-refractivity contribution in [3.05, 3.63) is 46.3 Å². The van der Waals surface area contributed by atoms with E-state index in [-0.39, 0.29) is 22.8 Å². The maximum absolute atomic E-state index is 12.0. The molecule has 4 N–H and O–H groups in total. The fourth-order valence-electron chi connectivity index (χ4n) is 1.96. The fourth-order valence-corrected chi connectivity index (χ4v) is 1.96. The predicted molar refractivity (Wildman–Crippen MR) is 82.2 cm³/mol. The lowest BCUT2D eigenvalue weighted by Crippen LogP contribution is -2.23. The molecule has 1 aromatic heterocycles. The van der Waals surface area contributed by atoms with Crippen LogP contribution >= 0.6 is 0 Å². The number of benzene rings is 1. The van der Waals surface area contributed by atoms with Gasteiger partial charge in [0.1, 0.15) is 5.69 Å². The number of aromatic nitrogens is 2. The molecular formula is C13H14N6O4. The van der Waals surface area contributed by atoms with Gasteiger partial charge < -0.3 is 16.4 Å². The van der Waals surface area contributed by atoms with Crippen LogP contribution in [0.3, 0.4) is 0 Å². The third kappa shape index (κ3) is 3.61. The molecule has 0 fully saturated rings. The Morgan fingerprint density at radius 1 is 1.39 bits per heavy atom. The highest BCUT2D eigenvalue weighted by atomic mass is 16.6. The van der Waals surface area contributed by atoms with Crippen LogP contribution in [0.15, 0.2) is 30.5 Å². The molecule has 0 saturated carbocycles. The standard InChI is InChI=1S/C13H14N6O4/c1-2-18-11(12(14)20)10(7-15-18)17-13(21)16-8-4-3-5-9(6-8)19(22)23/h3-7H,2H2,1H3,(H2,14,20)(H2,16,17,21). The van der Waals surface area contributed by atoms with Crippen molar-refractivity contribution in [1.82, 2.24) is 9.78 Å². The van der Waals surface area contributed by atoms with Crippen LogP contribution in [0.2, 0.25) is 0 Å². The third-order valence-corrected chi connectivity index (χ3v) is 2.94. The Morgan fingerprint density at radius 3 is 2.74 bits per heavy atom. The maximum atomic E-state index is 12.0. The van der Waals surface area contributed by atoms with E-state index in [1.165, 1.54) is 35.1 Å². The lowest BCUT2D eigenvalue weighted by Gasteiger charge is -2.08. The second kappa shape index (κ2) is 6.56. The van der Waals surface area contributed by atoms with Crippen molar-refractivity contribution < 1.29 is 14.5 Å². The van der Waals surface area contributed by atoms with Crippen molar-refractivity contribution in [3.8, 4) is 0 Å². The second-order valence-corrected chi connectivity index (χ2v) is 4.47. The first kappa shape index (κ1) is 15.9. The Morgan fingerprint density at radius 2 is 2.13 bits per heavy atom. The van der Waals surface area contributed by atoms with Gasteiger partial charge in [-0.05, 0) is 13.0 Å². The molecule has 10 heteroatoms. The summed E-state index contributed by atoms with van der Waals surface area (Å²) in [5, 5.41) is 19.5. The molecule has 23 heavy (non-hydrogen) atoms. The molecule has 0 aliphatic carbocycles. The van der Waals surface area contributed by atoms with Crippen molar-refractivity contribution in [1.29, 1.82) is 0 Å². The van der Waals surface area contributed by atoms with Gasteiger partial charge in [0, 0.05) is 24.4 Å². The maximum Gasteiger partial charge on any atom is 0.323 e. The highest BCUT2D eigenvalue weighted by Crippen LogP contribution is 2.18. The van der Waals surface area contributed by atoms with E-state index in [1.807, 2.05) is 0 Å². The van der Waals surface area contributed by atoms with Crippen LogP contribution in [-0.4, -0.2) is 26.6 Å². The largest absolute Gasteiger partial charge is 0.364 e. The van der Waals surface area contributed by atoms with Gasteiger partial charge in [-0.25, -0.2) is 4.79 Å². The van der Waals surface area contributed by atoms with E-state index in [4.69, 9.17) is 5.73 Å². The minimum atomic E-state index is -0.727. The molecule has 0 unspecified atom stereocenters. The summed E-state index contributed by atoms with van der Waals surface area (Å²) in [5.41, 5.74) is 5.58. The van der Waals surface area contributed by atoms with Gasteiger partial charge in [0.2, 0.25) is 0 Å². The highest BCUT2D eigenvalue weighted by molar-refractivity contribution is 6.05. The minimum Gasteiger partial charge on any atom is -0.364 e. The summed E-state index contributed by atoms with van der Waals surface area (Å²) in [6.45, 7) is 2.18. The second-order valence-electron chi connectivity index (χ2n) is 4.47. The van der Waals surface area contributed by atoms with Gasteiger partial charge in [0.05, 0.1) is 16.8 Å². The molecule has 0 bridgehead atoms. The summed E-state index contributed by atoms with van der Waals surface area (Å²) in [6.07, 6.45) is 1.30. The molecule has 10 nitrogen and oxygen atoms in total. The first-order valence-corrected chi connectivity index (χ1v) is 6.60. The Bertz CT molecular complexity index is 770. The molecule has 0 radical (unpaired) electrons. The number of carbonyl (C=O) groups excluding carboxylic acids is 2. The van der Waals surface area contributed by atoms with E-state index in [9.17, 15) is 19.7 Å². The van der Waals surface area contributed by atoms with Gasteiger partial charge in [-0.3, -0.25) is 19.6 Å². The zero-order chi connectivity index (χ0) is 17.0. The van der Waals surface area contributed by atoms with Crippen molar-refractivity contribution in [2.24, 2.45) is 5.73 Å². The molecule has 1 heterocycles. The number of hydrogen-bond donors (Lipinski definition) is 3. The number of anilines is 2. The molecule has 0 spiro atoms. The van der Waals surface area contributed by atoms with E-state index < -0.39 is 16.9 Å². The molecule has 1 aromatic carbocycles. The zero-order valence-electron chi connectivity index (χ0n) is 12.1. The predicted octanol–water partition coefficient (Wildman–Crippen LogP) is 1.55. The summed E-state index contributed by atoms with van der Waals surface area (Å²) in [6, 6.07) is 4.78. The number of hydrogen-bond acceptors (Lipinski definition) is 5. The van der Waals surface area contributed by atoms with Crippen LogP contribution in [-0.2, 0) is 6.54 Å². The number of nitrogens with zero attached hydrogens (tertiary/aromatic N) is 3. The Labute approximate surface area is 130 Å². The summed E-state index contributed by atoms with van der Waals surface area (Å²) in [7, 11) is 0. The molecule has 120 valence electrons. The lowest BCUT2D eigenvalue weighted by molar-refractivity contribution is -0.384. The van der Waals surface area contributed by atoms with Crippen LogP contribution in [0.5, 0.6) is 0 Å². The number of nitro groups is 1. The summed E-state index contributed by atoms with van der Waals surface area (Å²) >= 11 is 0. The van der Waals surface area contributed by atoms with Crippen LogP contribution < -0.4 is 16.4 Å². The molecule has 0 atom stereocenters. The van der Waals surface area contributed by atoms with Crippen molar-refractivity contribution in [2.75, 3.05) is 10.6 Å². The fraction of sp³-hybridized carbons (Fsp3) is 0.154. The molecule has 2 rings (SSSR count). The first-order valence-electron chi connectivity index (χ1n) is 6.60. The van der Waals surface area contributed by atoms with E-state index in [0.717, 1.165) is 0 Å². The van der Waals surface area contributed by atoms with Crippen molar-refractivity contribution >= 4 is 29.0 Å². The Kier molecular flexibility index (Phi) is 4.55. The quantitative estimate of drug-likeness (QED) is 0.565. The number of aryl methyl sites for hydroxylation is 1. The van der Waals surface area contributed by atoms with Gasteiger partial charge in [-0.2, -0.15) is 5.10 Å². The van der Waals surface area contributed by atoms with Crippen LogP contribution in [0, 0.1) is 10.1 Å². The minimum absolute atomic E-state index is 0.0710. The number of nitrogens with one attached hydrogen (secondary N) is 2. The number of nitro benzene ring substituents is 1. The van der Waals surface area contributed by atoms with Crippen molar-refractivity contribution in [3.63, 3.8) is 0 Å². The normalized spacial score (nSPS) is 10.1. The molecule has 3 amide bonds. The topological polar surface area (TPSA) is 145 Å². The summed E-state index contributed by atoms with van der Waals surface area (Å²) < 4.78 is 1.35. The third-order valence-electron chi connectivity index (χ3n) is 2.94. The van der Waals surface area contributed by atoms with Gasteiger partial charge >= 0.3 is 6.03 Å². The van der Waals surface area contributed by atoms with Crippen molar-refractivity contribution in [2.45, 2.75) is 13.5 Å². The molecule has 0 saturated heterocycles. The van der Waals surface area contributed by atoms with E-state index in [0.29, 0.717) is 6.54 Å². The number of amides is 3.